The molecule has 1 aromatic heterocycles. The molecule has 33 heavy (non-hydrogen) atoms. The van der Waals surface area contributed by atoms with Crippen LogP contribution in [0.1, 0.15) is 50.2 Å². The maximum Gasteiger partial charge on any atom is 0.224 e. The zero-order valence-electron chi connectivity index (χ0n) is 19.3. The van der Waals surface area contributed by atoms with Crippen LogP contribution in [0.3, 0.4) is 0 Å². The first-order valence-corrected chi connectivity index (χ1v) is 11.6. The molecular weight excluding hydrogens is 422 g/mol. The Bertz CT molecular complexity index is 1050. The van der Waals surface area contributed by atoms with Gasteiger partial charge in [0.1, 0.15) is 5.82 Å². The van der Waals surface area contributed by atoms with E-state index in [9.17, 15) is 13.6 Å². The first kappa shape index (κ1) is 24.6. The monoisotopic (exact) mass is 454 g/mol. The number of amides is 1. The Morgan fingerprint density at radius 3 is 2.79 bits per heavy atom. The lowest BCUT2D eigenvalue weighted by Crippen LogP contribution is -2.40. The fourth-order valence-electron chi connectivity index (χ4n) is 3.86. The molecule has 1 aliphatic heterocycles. The van der Waals surface area contributed by atoms with Crippen molar-refractivity contribution in [3.8, 4) is 0 Å². The third kappa shape index (κ3) is 6.48. The van der Waals surface area contributed by atoms with E-state index in [1.54, 1.807) is 11.0 Å². The number of nitrogens with two attached hydrogens (primary N) is 1. The van der Waals surface area contributed by atoms with E-state index in [2.05, 4.69) is 22.8 Å². The third-order valence-corrected chi connectivity index (χ3v) is 5.66. The highest BCUT2D eigenvalue weighted by molar-refractivity contribution is 5.77. The maximum atomic E-state index is 13.3. The first-order chi connectivity index (χ1) is 16.0. The Balaban J connectivity index is 0.00000149. The van der Waals surface area contributed by atoms with Crippen LogP contribution in [0.5, 0.6) is 0 Å². The van der Waals surface area contributed by atoms with Gasteiger partial charge in [-0.25, -0.2) is 13.8 Å². The molecule has 0 bridgehead atoms. The van der Waals surface area contributed by atoms with Crippen LogP contribution in [-0.4, -0.2) is 32.9 Å². The van der Waals surface area contributed by atoms with Crippen LogP contribution < -0.4 is 5.73 Å². The van der Waals surface area contributed by atoms with Crippen LogP contribution in [0.25, 0.3) is 5.57 Å². The molecule has 5 nitrogen and oxygen atoms in total. The van der Waals surface area contributed by atoms with Gasteiger partial charge in [-0.1, -0.05) is 50.3 Å². The topological polar surface area (TPSA) is 64.2 Å². The van der Waals surface area contributed by atoms with Gasteiger partial charge < -0.3 is 15.2 Å². The number of hydrogen-bond acceptors (Lipinski definition) is 3. The Morgan fingerprint density at radius 2 is 2.00 bits per heavy atom. The molecule has 1 atom stereocenters. The molecule has 1 aromatic carbocycles. The molecule has 0 saturated heterocycles. The summed E-state index contributed by atoms with van der Waals surface area (Å²) in [5.74, 6) is -0.869. The highest BCUT2D eigenvalue weighted by Gasteiger charge is 2.24. The number of fused-ring (bicyclic) bond motifs is 1. The van der Waals surface area contributed by atoms with Crippen molar-refractivity contribution < 1.29 is 13.6 Å². The molecule has 1 amide bonds. The standard InChI is InChI=1S/C24H26F2N4O.C2H6/c25-20-10-8-17(13-21(20)26)7-9-19(27)14-24(31)30-12-11-29-15-22(28-23(29)16-30)18-5-3-1-2-4-6-18;1-2/h1,3-6,8,10,13,15,19H,2,7,9,11-12,14,16,27H2;1-2H3. The smallest absolute Gasteiger partial charge is 0.224 e. The molecule has 0 saturated carbocycles. The van der Waals surface area contributed by atoms with Crippen molar-refractivity contribution in [3.05, 3.63) is 83.5 Å². The zero-order chi connectivity index (χ0) is 23.8. The summed E-state index contributed by atoms with van der Waals surface area (Å²) in [6.45, 7) is 5.78. The van der Waals surface area contributed by atoms with Crippen LogP contribution >= 0.6 is 0 Å². The summed E-state index contributed by atoms with van der Waals surface area (Å²) in [7, 11) is 0. The summed E-state index contributed by atoms with van der Waals surface area (Å²) in [6, 6.07) is 3.50. The minimum Gasteiger partial charge on any atom is -0.333 e. The van der Waals surface area contributed by atoms with Crippen LogP contribution in [-0.2, 0) is 24.3 Å². The lowest BCUT2D eigenvalue weighted by molar-refractivity contribution is -0.133. The Labute approximate surface area is 194 Å². The van der Waals surface area contributed by atoms with Gasteiger partial charge in [-0.05, 0) is 37.0 Å². The molecule has 176 valence electrons. The molecule has 2 aliphatic rings. The second-order valence-electron chi connectivity index (χ2n) is 7.99. The summed E-state index contributed by atoms with van der Waals surface area (Å²) < 4.78 is 28.5. The SMILES string of the molecule is CC.NC(CCc1ccc(F)c(F)c1)CC(=O)N1CCn2cc(C3=CC=CCC=C3)nc2C1. The fourth-order valence-corrected chi connectivity index (χ4v) is 3.86. The van der Waals surface area contributed by atoms with Gasteiger partial charge in [-0.3, -0.25) is 4.79 Å². The molecule has 2 aromatic rings. The number of aromatic nitrogens is 2. The first-order valence-electron chi connectivity index (χ1n) is 11.6. The predicted octanol–water partition coefficient (Wildman–Crippen LogP) is 4.78. The second-order valence-corrected chi connectivity index (χ2v) is 7.99. The number of nitrogens with zero attached hydrogens (tertiary/aromatic N) is 3. The molecule has 1 unspecified atom stereocenters. The van der Waals surface area contributed by atoms with Crippen molar-refractivity contribution in [1.29, 1.82) is 0 Å². The number of allylic oxidation sites excluding steroid dienone is 6. The quantitative estimate of drug-likeness (QED) is 0.683. The minimum absolute atomic E-state index is 0.00917. The highest BCUT2D eigenvalue weighted by atomic mass is 19.2. The molecule has 2 heterocycles. The number of hydrogen-bond donors (Lipinski definition) is 1. The summed E-state index contributed by atoms with van der Waals surface area (Å²) in [5.41, 5.74) is 8.80. The van der Waals surface area contributed by atoms with E-state index in [1.807, 2.05) is 32.2 Å². The highest BCUT2D eigenvalue weighted by Crippen LogP contribution is 2.21. The van der Waals surface area contributed by atoms with Crippen molar-refractivity contribution in [2.75, 3.05) is 6.54 Å². The number of rotatable bonds is 6. The number of aryl methyl sites for hydroxylation is 1. The molecule has 4 rings (SSSR count). The number of benzene rings is 1. The largest absolute Gasteiger partial charge is 0.333 e. The molecule has 0 fully saturated rings. The van der Waals surface area contributed by atoms with Crippen LogP contribution in [0.4, 0.5) is 8.78 Å². The van der Waals surface area contributed by atoms with Crippen molar-refractivity contribution in [1.82, 2.24) is 14.5 Å². The van der Waals surface area contributed by atoms with E-state index < -0.39 is 11.6 Å². The Kier molecular flexibility index (Phi) is 8.72. The van der Waals surface area contributed by atoms with E-state index in [-0.39, 0.29) is 18.4 Å². The Morgan fingerprint density at radius 1 is 1.18 bits per heavy atom. The molecule has 7 heteroatoms. The van der Waals surface area contributed by atoms with Crippen molar-refractivity contribution in [2.45, 2.75) is 58.7 Å². The second kappa shape index (κ2) is 11.7. The van der Waals surface area contributed by atoms with Crippen LogP contribution in [0.2, 0.25) is 0 Å². The van der Waals surface area contributed by atoms with Gasteiger partial charge in [-0.15, -0.1) is 0 Å². The van der Waals surface area contributed by atoms with Gasteiger partial charge in [0.25, 0.3) is 0 Å². The number of carbonyl (C=O) groups excluding carboxylic acids is 1. The molecule has 0 radical (unpaired) electrons. The van der Waals surface area contributed by atoms with Gasteiger partial charge in [0, 0.05) is 37.3 Å². The van der Waals surface area contributed by atoms with Crippen molar-refractivity contribution in [2.24, 2.45) is 5.73 Å². The van der Waals surface area contributed by atoms with Gasteiger partial charge in [0.15, 0.2) is 11.6 Å². The van der Waals surface area contributed by atoms with E-state index in [0.29, 0.717) is 38.0 Å². The molecule has 0 spiro atoms. The molecule has 2 N–H and O–H groups in total. The van der Waals surface area contributed by atoms with Crippen molar-refractivity contribution in [3.63, 3.8) is 0 Å². The average Bonchev–Trinajstić information content (AvgIpc) is 3.05. The Hall–Kier alpha value is -3.06. The third-order valence-electron chi connectivity index (χ3n) is 5.66. The number of halogens is 2. The summed E-state index contributed by atoms with van der Waals surface area (Å²) in [6.07, 6.45) is 14.5. The van der Waals surface area contributed by atoms with E-state index in [4.69, 9.17) is 10.7 Å². The van der Waals surface area contributed by atoms with E-state index in [1.165, 1.54) is 6.07 Å². The molecule has 1 aliphatic carbocycles. The minimum atomic E-state index is -0.864. The molecular formula is C26H32F2N4O. The number of imidazole rings is 1. The van der Waals surface area contributed by atoms with E-state index >= 15 is 0 Å². The predicted molar refractivity (Wildman–Crippen MR) is 127 cm³/mol. The summed E-state index contributed by atoms with van der Waals surface area (Å²) in [4.78, 5) is 19.3. The fraction of sp³-hybridized carbons (Fsp3) is 0.385. The van der Waals surface area contributed by atoms with Gasteiger partial charge in [0.05, 0.1) is 12.2 Å². The van der Waals surface area contributed by atoms with Crippen LogP contribution in [0.15, 0.2) is 54.8 Å². The van der Waals surface area contributed by atoms with Gasteiger partial charge in [-0.2, -0.15) is 0 Å². The maximum absolute atomic E-state index is 13.3. The van der Waals surface area contributed by atoms with Gasteiger partial charge in [0.2, 0.25) is 5.91 Å². The summed E-state index contributed by atoms with van der Waals surface area (Å²) in [5, 5.41) is 0. The summed E-state index contributed by atoms with van der Waals surface area (Å²) >= 11 is 0. The van der Waals surface area contributed by atoms with Gasteiger partial charge >= 0.3 is 0 Å². The normalized spacial score (nSPS) is 15.8. The van der Waals surface area contributed by atoms with E-state index in [0.717, 1.165) is 29.6 Å². The lowest BCUT2D eigenvalue weighted by atomic mass is 10.0. The lowest BCUT2D eigenvalue weighted by Gasteiger charge is -2.28. The zero-order valence-corrected chi connectivity index (χ0v) is 19.3. The van der Waals surface area contributed by atoms with Crippen molar-refractivity contribution >= 4 is 11.5 Å². The number of carbonyl (C=O) groups is 1. The average molecular weight is 455 g/mol. The van der Waals surface area contributed by atoms with Crippen LogP contribution in [0, 0.1) is 11.6 Å².